The smallest absolute Gasteiger partial charge is 0.0661 e. The van der Waals surface area contributed by atoms with E-state index in [9.17, 15) is 15.3 Å². The lowest BCUT2D eigenvalue weighted by atomic mass is 9.49. The average Bonchev–Trinajstić information content (AvgIpc) is 3.12. The largest absolute Gasteiger partial charge is 0.393 e. The van der Waals surface area contributed by atoms with Gasteiger partial charge in [-0.1, -0.05) is 57.9 Å². The zero-order valence-electron chi connectivity index (χ0n) is 20.9. The second kappa shape index (κ2) is 9.06. The zero-order valence-corrected chi connectivity index (χ0v) is 21.8. The fraction of sp³-hybridized carbons (Fsp3) is 0.857. The summed E-state index contributed by atoms with van der Waals surface area (Å²) in [5.74, 6) is 2.80. The molecule has 0 aromatic carbocycles. The van der Waals surface area contributed by atoms with Crippen molar-refractivity contribution in [3.63, 3.8) is 0 Å². The molecule has 0 bridgehead atoms. The minimum atomic E-state index is -0.492. The van der Waals surface area contributed by atoms with Crippen molar-refractivity contribution in [3.8, 4) is 0 Å². The van der Waals surface area contributed by atoms with Crippen molar-refractivity contribution < 1.29 is 15.3 Å². The molecule has 4 aliphatic rings. The van der Waals surface area contributed by atoms with Gasteiger partial charge in [-0.2, -0.15) is 11.8 Å². The highest BCUT2D eigenvalue weighted by atomic mass is 32.2. The fourth-order valence-corrected chi connectivity index (χ4v) is 9.56. The third-order valence-electron chi connectivity index (χ3n) is 10.6. The molecule has 182 valence electrons. The number of thioether (sulfide) groups is 1. The third-order valence-corrected chi connectivity index (χ3v) is 11.8. The summed E-state index contributed by atoms with van der Waals surface area (Å²) in [4.78, 5) is 0. The van der Waals surface area contributed by atoms with Gasteiger partial charge in [0.1, 0.15) is 0 Å². The summed E-state index contributed by atoms with van der Waals surface area (Å²) < 4.78 is 0. The lowest BCUT2D eigenvalue weighted by Gasteiger charge is -2.56. The highest BCUT2D eigenvalue weighted by molar-refractivity contribution is 7.99. The van der Waals surface area contributed by atoms with Crippen LogP contribution in [0.25, 0.3) is 0 Å². The quantitative estimate of drug-likeness (QED) is 0.442. The van der Waals surface area contributed by atoms with Gasteiger partial charge in [0.15, 0.2) is 0 Å². The van der Waals surface area contributed by atoms with Crippen molar-refractivity contribution in [3.05, 3.63) is 23.3 Å². The Morgan fingerprint density at radius 2 is 1.81 bits per heavy atom. The van der Waals surface area contributed by atoms with Gasteiger partial charge >= 0.3 is 0 Å². The molecular weight excluding hydrogens is 416 g/mol. The van der Waals surface area contributed by atoms with Crippen molar-refractivity contribution in [1.29, 1.82) is 0 Å². The van der Waals surface area contributed by atoms with Crippen molar-refractivity contribution in [2.45, 2.75) is 115 Å². The summed E-state index contributed by atoms with van der Waals surface area (Å²) >= 11 is 2.07. The molecule has 8 atom stereocenters. The predicted molar refractivity (Wildman–Crippen MR) is 135 cm³/mol. The Labute approximate surface area is 200 Å². The van der Waals surface area contributed by atoms with Crippen molar-refractivity contribution in [2.75, 3.05) is 5.75 Å². The normalized spacial score (nSPS) is 42.4. The van der Waals surface area contributed by atoms with Gasteiger partial charge in [-0.25, -0.2) is 0 Å². The van der Waals surface area contributed by atoms with Crippen LogP contribution in [0.4, 0.5) is 0 Å². The molecule has 0 unspecified atom stereocenters. The number of rotatable bonds is 7. The Balaban J connectivity index is 1.49. The molecule has 3 fully saturated rings. The molecule has 4 rings (SSSR count). The van der Waals surface area contributed by atoms with E-state index in [2.05, 4.69) is 58.5 Å². The molecule has 0 aromatic heterocycles. The topological polar surface area (TPSA) is 60.7 Å². The summed E-state index contributed by atoms with van der Waals surface area (Å²) in [7, 11) is 0. The molecule has 4 aliphatic carbocycles. The first-order valence-corrected chi connectivity index (χ1v) is 14.2. The van der Waals surface area contributed by atoms with Gasteiger partial charge in [0.05, 0.1) is 17.8 Å². The van der Waals surface area contributed by atoms with Gasteiger partial charge < -0.3 is 15.3 Å². The average molecular weight is 463 g/mol. The number of hydrogen-bond acceptors (Lipinski definition) is 4. The van der Waals surface area contributed by atoms with E-state index in [4.69, 9.17) is 0 Å². The molecule has 0 amide bonds. The van der Waals surface area contributed by atoms with Crippen molar-refractivity contribution in [1.82, 2.24) is 0 Å². The number of aliphatic hydroxyl groups is 3. The third kappa shape index (κ3) is 3.95. The van der Waals surface area contributed by atoms with Gasteiger partial charge in [-0.15, -0.1) is 0 Å². The molecule has 0 heterocycles. The van der Waals surface area contributed by atoms with E-state index in [1.807, 2.05) is 0 Å². The van der Waals surface area contributed by atoms with Crippen LogP contribution in [0.1, 0.15) is 92.4 Å². The molecule has 0 saturated heterocycles. The van der Waals surface area contributed by atoms with E-state index in [0.29, 0.717) is 41.3 Å². The van der Waals surface area contributed by atoms with Crippen LogP contribution >= 0.6 is 11.8 Å². The summed E-state index contributed by atoms with van der Waals surface area (Å²) in [5.41, 5.74) is 2.49. The number of aliphatic hydroxyl groups excluding tert-OH is 2. The molecule has 3 nitrogen and oxygen atoms in total. The molecule has 0 aromatic rings. The van der Waals surface area contributed by atoms with E-state index in [1.54, 1.807) is 5.57 Å². The standard InChI is InChI=1S/C28H46O3S/c1-6-28(31,7-2)14-15-32-18(3)22-10-11-23-21-9-8-19-16-20(29)17-25(30)27(19,5)24(21)12-13-26(22,23)4/h8-9,18,20,22-25,29-31H,6-7,10-17H2,1-5H3/t18-,20-,22-,23+,24+,25+,26-,27+/m1/s1. The SMILES string of the molecule is CCC(O)(CC)CCS[C@H](C)[C@H]1CC[C@H]2C3=CC=C4C[C@@H](O)C[C@H](O)[C@]4(C)[C@H]3CC[C@]12C. The maximum absolute atomic E-state index is 11.1. The van der Waals surface area contributed by atoms with Crippen LogP contribution in [-0.4, -0.2) is 44.1 Å². The first-order chi connectivity index (χ1) is 15.1. The van der Waals surface area contributed by atoms with E-state index >= 15 is 0 Å². The minimum Gasteiger partial charge on any atom is -0.393 e. The van der Waals surface area contributed by atoms with Crippen LogP contribution in [0.15, 0.2) is 23.3 Å². The fourth-order valence-electron chi connectivity index (χ4n) is 8.01. The van der Waals surface area contributed by atoms with Crippen LogP contribution < -0.4 is 0 Å². The van der Waals surface area contributed by atoms with Crippen LogP contribution in [0.2, 0.25) is 0 Å². The Morgan fingerprint density at radius 3 is 2.50 bits per heavy atom. The minimum absolute atomic E-state index is 0.201. The van der Waals surface area contributed by atoms with Gasteiger partial charge in [-0.3, -0.25) is 0 Å². The summed E-state index contributed by atoms with van der Waals surface area (Å²) in [6, 6.07) is 0. The Kier molecular flexibility index (Phi) is 7.03. The van der Waals surface area contributed by atoms with Gasteiger partial charge in [0, 0.05) is 17.1 Å². The second-order valence-electron chi connectivity index (χ2n) is 11.8. The molecule has 0 aliphatic heterocycles. The Hall–Kier alpha value is -0.290. The Morgan fingerprint density at radius 1 is 1.09 bits per heavy atom. The van der Waals surface area contributed by atoms with Crippen LogP contribution in [0.5, 0.6) is 0 Å². The second-order valence-corrected chi connectivity index (χ2v) is 13.3. The van der Waals surface area contributed by atoms with E-state index in [1.165, 1.54) is 24.8 Å². The highest BCUT2D eigenvalue weighted by Crippen LogP contribution is 2.66. The van der Waals surface area contributed by atoms with E-state index in [0.717, 1.165) is 31.4 Å². The molecule has 3 saturated carbocycles. The summed E-state index contributed by atoms with van der Waals surface area (Å²) in [6.07, 6.45) is 12.5. The number of fused-ring (bicyclic) bond motifs is 5. The Bertz CT molecular complexity index is 756. The van der Waals surface area contributed by atoms with Gasteiger partial charge in [-0.05, 0) is 80.3 Å². The molecule has 3 N–H and O–H groups in total. The van der Waals surface area contributed by atoms with Crippen LogP contribution in [-0.2, 0) is 0 Å². The van der Waals surface area contributed by atoms with Crippen LogP contribution in [0.3, 0.4) is 0 Å². The molecule has 32 heavy (non-hydrogen) atoms. The predicted octanol–water partition coefficient (Wildman–Crippen LogP) is 5.88. The van der Waals surface area contributed by atoms with Crippen LogP contribution in [0, 0.1) is 28.6 Å². The summed E-state index contributed by atoms with van der Waals surface area (Å²) in [5, 5.41) is 32.6. The van der Waals surface area contributed by atoms with Gasteiger partial charge in [0.2, 0.25) is 0 Å². The van der Waals surface area contributed by atoms with E-state index < -0.39 is 17.8 Å². The zero-order chi connectivity index (χ0) is 23.3. The lowest BCUT2D eigenvalue weighted by molar-refractivity contribution is -0.0526. The molecule has 4 heteroatoms. The van der Waals surface area contributed by atoms with E-state index in [-0.39, 0.29) is 5.41 Å². The first kappa shape index (κ1) is 24.8. The number of allylic oxidation sites excluding steroid dienone is 3. The molecular formula is C28H46O3S. The van der Waals surface area contributed by atoms with Crippen molar-refractivity contribution >= 4 is 11.8 Å². The first-order valence-electron chi connectivity index (χ1n) is 13.2. The monoisotopic (exact) mass is 462 g/mol. The summed E-state index contributed by atoms with van der Waals surface area (Å²) in [6.45, 7) is 11.4. The maximum atomic E-state index is 11.1. The highest BCUT2D eigenvalue weighted by Gasteiger charge is 2.58. The number of hydrogen-bond donors (Lipinski definition) is 3. The molecule has 0 radical (unpaired) electrons. The molecule has 0 spiro atoms. The maximum Gasteiger partial charge on any atom is 0.0661 e. The van der Waals surface area contributed by atoms with Crippen molar-refractivity contribution in [2.24, 2.45) is 28.6 Å². The lowest BCUT2D eigenvalue weighted by Crippen LogP contribution is -2.52. The van der Waals surface area contributed by atoms with Gasteiger partial charge in [0.25, 0.3) is 0 Å².